The Labute approximate surface area is 186 Å². The number of rotatable bonds is 9. The first kappa shape index (κ1) is 23.1. The van der Waals surface area contributed by atoms with Gasteiger partial charge in [0, 0.05) is 17.4 Å². The monoisotopic (exact) mass is 458 g/mol. The van der Waals surface area contributed by atoms with Crippen molar-refractivity contribution in [3.8, 4) is 11.5 Å². The van der Waals surface area contributed by atoms with Crippen LogP contribution in [-0.4, -0.2) is 27.5 Å². The Kier molecular flexibility index (Phi) is 7.32. The summed E-state index contributed by atoms with van der Waals surface area (Å²) in [7, 11) is -2.32. The second-order valence-corrected chi connectivity index (χ2v) is 8.50. The average molecular weight is 459 g/mol. The van der Waals surface area contributed by atoms with Gasteiger partial charge in [0.25, 0.3) is 15.9 Å². The zero-order chi connectivity index (χ0) is 23.1. The van der Waals surface area contributed by atoms with E-state index in [0.29, 0.717) is 23.6 Å². The predicted octanol–water partition coefficient (Wildman–Crippen LogP) is 4.43. The minimum atomic E-state index is -3.86. The molecule has 0 aliphatic rings. The lowest BCUT2D eigenvalue weighted by molar-refractivity contribution is -0.122. The van der Waals surface area contributed by atoms with Crippen LogP contribution in [0.2, 0.25) is 0 Å². The van der Waals surface area contributed by atoms with E-state index in [-0.39, 0.29) is 16.5 Å². The molecule has 0 radical (unpaired) electrons. The normalized spacial score (nSPS) is 12.0. The van der Waals surface area contributed by atoms with Gasteiger partial charge in [0.2, 0.25) is 0 Å². The molecule has 0 aromatic heterocycles. The Balaban J connectivity index is 1.65. The van der Waals surface area contributed by atoms with Gasteiger partial charge in [-0.05, 0) is 67.1 Å². The molecule has 3 aromatic carbocycles. The van der Waals surface area contributed by atoms with Gasteiger partial charge in [0.1, 0.15) is 17.3 Å². The van der Waals surface area contributed by atoms with Gasteiger partial charge in [-0.1, -0.05) is 13.0 Å². The number of halogens is 1. The minimum absolute atomic E-state index is 0.000467. The summed E-state index contributed by atoms with van der Waals surface area (Å²) in [4.78, 5) is 12.6. The molecule has 7 nitrogen and oxygen atoms in total. The van der Waals surface area contributed by atoms with E-state index in [1.165, 1.54) is 36.4 Å². The van der Waals surface area contributed by atoms with Gasteiger partial charge in [0.15, 0.2) is 6.10 Å². The van der Waals surface area contributed by atoms with Gasteiger partial charge in [-0.2, -0.15) is 0 Å². The molecule has 0 fully saturated rings. The molecule has 3 rings (SSSR count). The molecule has 0 bridgehead atoms. The van der Waals surface area contributed by atoms with Crippen molar-refractivity contribution in [1.29, 1.82) is 0 Å². The van der Waals surface area contributed by atoms with Crippen LogP contribution in [0.1, 0.15) is 13.3 Å². The smallest absolute Gasteiger partial charge is 0.265 e. The highest BCUT2D eigenvalue weighted by Crippen LogP contribution is 2.22. The fraction of sp³-hybridized carbons (Fsp3) is 0.174. The topological polar surface area (TPSA) is 93.7 Å². The van der Waals surface area contributed by atoms with Crippen LogP contribution in [0, 0.1) is 5.82 Å². The van der Waals surface area contributed by atoms with Crippen LogP contribution in [0.15, 0.2) is 77.7 Å². The Hall–Kier alpha value is -3.59. The summed E-state index contributed by atoms with van der Waals surface area (Å²) in [6, 6.07) is 17.6. The van der Waals surface area contributed by atoms with E-state index >= 15 is 0 Å². The lowest BCUT2D eigenvalue weighted by Crippen LogP contribution is -2.32. The molecule has 2 N–H and O–H groups in total. The Morgan fingerprint density at radius 1 is 0.969 bits per heavy atom. The quantitative estimate of drug-likeness (QED) is 0.495. The molecule has 0 heterocycles. The standard InChI is InChI=1S/C23H23FN2O5S/c1-3-22(31-20-6-4-5-19(15-20)30-2)23(27)25-17-11-13-21(14-12-17)32(28,29)26-18-9-7-16(24)8-10-18/h4-15,22,26H,3H2,1-2H3,(H,25,27). The number of benzene rings is 3. The molecule has 32 heavy (non-hydrogen) atoms. The SMILES string of the molecule is CCC(Oc1cccc(OC)c1)C(=O)Nc1ccc(S(=O)(=O)Nc2ccc(F)cc2)cc1. The maximum absolute atomic E-state index is 13.0. The maximum atomic E-state index is 13.0. The van der Waals surface area contributed by atoms with Crippen molar-refractivity contribution in [2.24, 2.45) is 0 Å². The molecule has 1 unspecified atom stereocenters. The van der Waals surface area contributed by atoms with Gasteiger partial charge < -0.3 is 14.8 Å². The summed E-state index contributed by atoms with van der Waals surface area (Å²) >= 11 is 0. The van der Waals surface area contributed by atoms with Crippen molar-refractivity contribution in [3.05, 3.63) is 78.6 Å². The van der Waals surface area contributed by atoms with Crippen LogP contribution in [-0.2, 0) is 14.8 Å². The van der Waals surface area contributed by atoms with E-state index < -0.39 is 21.9 Å². The number of amides is 1. The van der Waals surface area contributed by atoms with Crippen molar-refractivity contribution in [2.75, 3.05) is 17.1 Å². The van der Waals surface area contributed by atoms with Crippen molar-refractivity contribution in [1.82, 2.24) is 0 Å². The molecule has 0 spiro atoms. The zero-order valence-electron chi connectivity index (χ0n) is 17.5. The summed E-state index contributed by atoms with van der Waals surface area (Å²) in [5.41, 5.74) is 0.660. The highest BCUT2D eigenvalue weighted by atomic mass is 32.2. The number of sulfonamides is 1. The van der Waals surface area contributed by atoms with Crippen molar-refractivity contribution in [3.63, 3.8) is 0 Å². The van der Waals surface area contributed by atoms with Gasteiger partial charge in [-0.3, -0.25) is 9.52 Å². The third-order valence-corrected chi connectivity index (χ3v) is 5.91. The van der Waals surface area contributed by atoms with Gasteiger partial charge in [-0.25, -0.2) is 12.8 Å². The third-order valence-electron chi connectivity index (χ3n) is 4.51. The van der Waals surface area contributed by atoms with E-state index in [2.05, 4.69) is 10.0 Å². The van der Waals surface area contributed by atoms with Crippen LogP contribution in [0.4, 0.5) is 15.8 Å². The van der Waals surface area contributed by atoms with Crippen molar-refractivity contribution >= 4 is 27.3 Å². The minimum Gasteiger partial charge on any atom is -0.497 e. The van der Waals surface area contributed by atoms with Crippen molar-refractivity contribution in [2.45, 2.75) is 24.3 Å². The number of anilines is 2. The number of hydrogen-bond acceptors (Lipinski definition) is 5. The molecule has 3 aromatic rings. The number of methoxy groups -OCH3 is 1. The number of carbonyl (C=O) groups is 1. The first-order chi connectivity index (χ1) is 15.3. The van der Waals surface area contributed by atoms with E-state index in [0.717, 1.165) is 12.1 Å². The molecule has 0 aliphatic carbocycles. The third kappa shape index (κ3) is 5.98. The fourth-order valence-electron chi connectivity index (χ4n) is 2.83. The summed E-state index contributed by atoms with van der Waals surface area (Å²) in [5.74, 6) is 0.285. The number of nitrogens with one attached hydrogen (secondary N) is 2. The van der Waals surface area contributed by atoms with Crippen LogP contribution in [0.25, 0.3) is 0 Å². The molecule has 168 valence electrons. The van der Waals surface area contributed by atoms with Crippen molar-refractivity contribution < 1.29 is 27.1 Å². The predicted molar refractivity (Wildman–Crippen MR) is 120 cm³/mol. The van der Waals surface area contributed by atoms with Crippen LogP contribution in [0.3, 0.4) is 0 Å². The van der Waals surface area contributed by atoms with Gasteiger partial charge >= 0.3 is 0 Å². The Bertz CT molecular complexity index is 1170. The Morgan fingerprint density at radius 2 is 1.59 bits per heavy atom. The van der Waals surface area contributed by atoms with E-state index in [9.17, 15) is 17.6 Å². The maximum Gasteiger partial charge on any atom is 0.265 e. The molecular formula is C23H23FN2O5S. The highest BCUT2D eigenvalue weighted by Gasteiger charge is 2.20. The second kappa shape index (κ2) is 10.1. The van der Waals surface area contributed by atoms with Gasteiger partial charge in [-0.15, -0.1) is 0 Å². The summed E-state index contributed by atoms with van der Waals surface area (Å²) in [6.07, 6.45) is -0.317. The first-order valence-corrected chi connectivity index (χ1v) is 11.3. The zero-order valence-corrected chi connectivity index (χ0v) is 18.4. The number of ether oxygens (including phenoxy) is 2. The van der Waals surface area contributed by atoms with Crippen LogP contribution < -0.4 is 19.5 Å². The highest BCUT2D eigenvalue weighted by molar-refractivity contribution is 7.92. The summed E-state index contributed by atoms with van der Waals surface area (Å²) < 4.78 is 51.3. The molecule has 0 saturated carbocycles. The van der Waals surface area contributed by atoms with E-state index in [1.807, 2.05) is 6.92 Å². The van der Waals surface area contributed by atoms with Gasteiger partial charge in [0.05, 0.1) is 12.0 Å². The molecular weight excluding hydrogens is 435 g/mol. The molecule has 1 atom stereocenters. The summed E-state index contributed by atoms with van der Waals surface area (Å²) in [6.45, 7) is 1.82. The first-order valence-electron chi connectivity index (χ1n) is 9.81. The van der Waals surface area contributed by atoms with E-state index in [4.69, 9.17) is 9.47 Å². The molecule has 9 heteroatoms. The van der Waals surface area contributed by atoms with Crippen LogP contribution in [0.5, 0.6) is 11.5 Å². The average Bonchev–Trinajstić information content (AvgIpc) is 2.79. The van der Waals surface area contributed by atoms with E-state index in [1.54, 1.807) is 31.4 Å². The second-order valence-electron chi connectivity index (χ2n) is 6.82. The number of hydrogen-bond donors (Lipinski definition) is 2. The molecule has 0 saturated heterocycles. The number of carbonyl (C=O) groups excluding carboxylic acids is 1. The largest absolute Gasteiger partial charge is 0.497 e. The molecule has 1 amide bonds. The lowest BCUT2D eigenvalue weighted by atomic mass is 10.2. The lowest BCUT2D eigenvalue weighted by Gasteiger charge is -2.18. The Morgan fingerprint density at radius 3 is 2.22 bits per heavy atom. The van der Waals surface area contributed by atoms with Crippen LogP contribution >= 0.6 is 0 Å². The fourth-order valence-corrected chi connectivity index (χ4v) is 3.89. The molecule has 0 aliphatic heterocycles. The summed E-state index contributed by atoms with van der Waals surface area (Å²) in [5, 5.41) is 2.72.